The number of nitro groups is 1. The van der Waals surface area contributed by atoms with Gasteiger partial charge in [0.05, 0.1) is 10.4 Å². The number of benzene rings is 1. The third-order valence-electron chi connectivity index (χ3n) is 4.07. The molecule has 0 amide bonds. The predicted molar refractivity (Wildman–Crippen MR) is 83.2 cm³/mol. The molecular formula is C13H13N6NaO4. The number of nitro benzene ring substituents is 1. The van der Waals surface area contributed by atoms with Gasteiger partial charge in [0.2, 0.25) is 0 Å². The minimum absolute atomic E-state index is 0. The second-order valence-corrected chi connectivity index (χ2v) is 5.46. The summed E-state index contributed by atoms with van der Waals surface area (Å²) >= 11 is 0. The van der Waals surface area contributed by atoms with Gasteiger partial charge in [-0.25, -0.2) is 14.7 Å². The van der Waals surface area contributed by atoms with Gasteiger partial charge in [0.15, 0.2) is 5.65 Å². The molecule has 1 aliphatic heterocycles. The zero-order chi connectivity index (χ0) is 16.1. The van der Waals surface area contributed by atoms with E-state index in [1.807, 2.05) is 4.90 Å². The molecule has 0 aliphatic carbocycles. The van der Waals surface area contributed by atoms with E-state index in [-0.39, 0.29) is 47.8 Å². The zero-order valence-electron chi connectivity index (χ0n) is 13.9. The summed E-state index contributed by atoms with van der Waals surface area (Å²) in [5.74, 6) is 0. The number of fused-ring (bicyclic) bond motifs is 3. The first kappa shape index (κ1) is 16.7. The van der Waals surface area contributed by atoms with Crippen LogP contribution in [0.5, 0.6) is 0 Å². The number of H-pyrrole nitrogens is 2. The molecule has 3 heterocycles. The molecule has 2 N–H and O–H groups in total. The minimum atomic E-state index is -0.649. The summed E-state index contributed by atoms with van der Waals surface area (Å²) in [5, 5.41) is 14.2. The molecule has 3 aromatic rings. The summed E-state index contributed by atoms with van der Waals surface area (Å²) in [4.78, 5) is 42.6. The summed E-state index contributed by atoms with van der Waals surface area (Å²) < 4.78 is 1.00. The molecule has 11 heteroatoms. The normalized spacial score (nSPS) is 14.2. The zero-order valence-corrected chi connectivity index (χ0v) is 14.9. The summed E-state index contributed by atoms with van der Waals surface area (Å²) in [6.07, 6.45) is 1.94. The Morgan fingerprint density at radius 2 is 1.96 bits per heavy atom. The molecular weight excluding hydrogens is 327 g/mol. The number of anilines is 1. The Bertz CT molecular complexity index is 1070. The molecule has 1 fully saturated rings. The average molecular weight is 340 g/mol. The van der Waals surface area contributed by atoms with E-state index in [1.165, 1.54) is 6.07 Å². The fourth-order valence-electron chi connectivity index (χ4n) is 3.04. The van der Waals surface area contributed by atoms with Crippen LogP contribution in [0, 0.1) is 10.1 Å². The van der Waals surface area contributed by atoms with E-state index < -0.39 is 16.3 Å². The molecule has 120 valence electrons. The predicted octanol–water partition coefficient (Wildman–Crippen LogP) is -2.51. The van der Waals surface area contributed by atoms with Crippen molar-refractivity contribution in [2.24, 2.45) is 0 Å². The molecule has 0 saturated carbocycles. The quantitative estimate of drug-likeness (QED) is 0.301. The Morgan fingerprint density at radius 3 is 2.62 bits per heavy atom. The number of nitrogens with zero attached hydrogens (tertiary/aromatic N) is 4. The SMILES string of the molecule is O=c1nc2c3cc(N4CCCC4)c([N+](=O)[O-])cc3[nH]c(=O)n2[nH]1.[H-].[Na+]. The molecule has 1 aromatic carbocycles. The van der Waals surface area contributed by atoms with Crippen molar-refractivity contribution in [2.45, 2.75) is 12.8 Å². The van der Waals surface area contributed by atoms with Crippen molar-refractivity contribution < 1.29 is 35.9 Å². The standard InChI is InChI=1S/C13H12N6O4.Na.H/c20-12-15-11-7-5-9(17-3-1-2-4-17)10(19(22)23)6-8(7)14-13(21)18(11)16-12;;/h5-6H,1-4H2,(H,14,21)(H,16,20);;/q;+1;-1. The summed E-state index contributed by atoms with van der Waals surface area (Å²) in [6.45, 7) is 1.47. The Hall–Kier alpha value is -2.17. The smallest absolute Gasteiger partial charge is 1.00 e. The van der Waals surface area contributed by atoms with E-state index in [0.29, 0.717) is 11.1 Å². The number of hydrogen-bond acceptors (Lipinski definition) is 6. The van der Waals surface area contributed by atoms with E-state index in [2.05, 4.69) is 15.1 Å². The van der Waals surface area contributed by atoms with E-state index in [9.17, 15) is 19.7 Å². The fourth-order valence-corrected chi connectivity index (χ4v) is 3.04. The molecule has 1 aliphatic rings. The Morgan fingerprint density at radius 1 is 1.25 bits per heavy atom. The molecule has 24 heavy (non-hydrogen) atoms. The van der Waals surface area contributed by atoms with Crippen molar-refractivity contribution in [1.82, 2.24) is 19.6 Å². The Balaban J connectivity index is 0.00000113. The van der Waals surface area contributed by atoms with Gasteiger partial charge in [0, 0.05) is 24.5 Å². The molecule has 4 rings (SSSR count). The van der Waals surface area contributed by atoms with Crippen molar-refractivity contribution in [3.63, 3.8) is 0 Å². The van der Waals surface area contributed by atoms with Crippen LogP contribution in [-0.2, 0) is 0 Å². The molecule has 2 aromatic heterocycles. The van der Waals surface area contributed by atoms with Gasteiger partial charge in [0.1, 0.15) is 5.69 Å². The fraction of sp³-hybridized carbons (Fsp3) is 0.308. The minimum Gasteiger partial charge on any atom is -1.00 e. The van der Waals surface area contributed by atoms with Crippen molar-refractivity contribution in [3.05, 3.63) is 43.2 Å². The van der Waals surface area contributed by atoms with Crippen LogP contribution in [-0.4, -0.2) is 37.6 Å². The van der Waals surface area contributed by atoms with Gasteiger partial charge >= 0.3 is 40.9 Å². The summed E-state index contributed by atoms with van der Waals surface area (Å²) in [6, 6.07) is 2.94. The van der Waals surface area contributed by atoms with Crippen LogP contribution in [0.15, 0.2) is 21.7 Å². The second kappa shape index (κ2) is 6.04. The Labute approximate surface area is 157 Å². The van der Waals surface area contributed by atoms with Crippen molar-refractivity contribution in [2.75, 3.05) is 18.0 Å². The molecule has 1 saturated heterocycles. The number of rotatable bonds is 2. The van der Waals surface area contributed by atoms with Crippen molar-refractivity contribution in [3.8, 4) is 0 Å². The van der Waals surface area contributed by atoms with Crippen LogP contribution < -0.4 is 45.8 Å². The van der Waals surface area contributed by atoms with Crippen LogP contribution >= 0.6 is 0 Å². The third kappa shape index (κ3) is 2.52. The largest absolute Gasteiger partial charge is 1.00 e. The van der Waals surface area contributed by atoms with Gasteiger partial charge in [0.25, 0.3) is 5.69 Å². The molecule has 0 atom stereocenters. The van der Waals surface area contributed by atoms with Crippen LogP contribution in [0.25, 0.3) is 16.6 Å². The third-order valence-corrected chi connectivity index (χ3v) is 4.07. The topological polar surface area (TPSA) is 129 Å². The Kier molecular flexibility index (Phi) is 4.20. The number of aromatic nitrogens is 4. The van der Waals surface area contributed by atoms with E-state index in [4.69, 9.17) is 0 Å². The molecule has 0 radical (unpaired) electrons. The molecule has 0 spiro atoms. The van der Waals surface area contributed by atoms with Gasteiger partial charge in [-0.05, 0) is 18.9 Å². The van der Waals surface area contributed by atoms with E-state index >= 15 is 0 Å². The number of hydrogen-bond donors (Lipinski definition) is 2. The van der Waals surface area contributed by atoms with E-state index in [0.717, 1.165) is 30.4 Å². The summed E-state index contributed by atoms with van der Waals surface area (Å²) in [7, 11) is 0. The average Bonchev–Trinajstić information content (AvgIpc) is 3.15. The van der Waals surface area contributed by atoms with Gasteiger partial charge < -0.3 is 11.3 Å². The van der Waals surface area contributed by atoms with Gasteiger partial charge in [-0.3, -0.25) is 10.1 Å². The van der Waals surface area contributed by atoms with Crippen LogP contribution in [0.2, 0.25) is 0 Å². The molecule has 0 unspecified atom stereocenters. The first-order valence-electron chi connectivity index (χ1n) is 7.13. The van der Waals surface area contributed by atoms with Crippen LogP contribution in [0.4, 0.5) is 11.4 Å². The maximum absolute atomic E-state index is 11.9. The van der Waals surface area contributed by atoms with Gasteiger partial charge in [-0.2, -0.15) is 9.50 Å². The first-order valence-corrected chi connectivity index (χ1v) is 7.13. The maximum atomic E-state index is 11.9. The maximum Gasteiger partial charge on any atom is 1.00 e. The number of nitrogens with one attached hydrogen (secondary N) is 2. The van der Waals surface area contributed by atoms with Gasteiger partial charge in [-0.1, -0.05) is 0 Å². The van der Waals surface area contributed by atoms with Gasteiger partial charge in [-0.15, -0.1) is 0 Å². The monoisotopic (exact) mass is 340 g/mol. The molecule has 0 bridgehead atoms. The van der Waals surface area contributed by atoms with Crippen LogP contribution in [0.3, 0.4) is 0 Å². The second-order valence-electron chi connectivity index (χ2n) is 5.46. The first-order chi connectivity index (χ1) is 11.0. The summed E-state index contributed by atoms with van der Waals surface area (Å²) in [5.41, 5.74) is -0.420. The molecule has 10 nitrogen and oxygen atoms in total. The number of aromatic amines is 2. The van der Waals surface area contributed by atoms with E-state index in [1.54, 1.807) is 6.07 Å². The van der Waals surface area contributed by atoms with Crippen molar-refractivity contribution >= 4 is 27.9 Å². The van der Waals surface area contributed by atoms with Crippen LogP contribution in [0.1, 0.15) is 14.3 Å². The van der Waals surface area contributed by atoms with Crippen molar-refractivity contribution in [1.29, 1.82) is 0 Å².